The van der Waals surface area contributed by atoms with E-state index >= 15 is 0 Å². The molecular weight excluding hydrogens is 410 g/mol. The van der Waals surface area contributed by atoms with Crippen LogP contribution in [0.1, 0.15) is 5.56 Å². The standard InChI is InChI=1S/C24H17N3O3S/c1-31(29,30)20-11-9-19(10-12-20)27-16-18(23-8-4-5-13-26-23)14-22(24(27)28)21-7-3-2-6-17(21)15-25/h2-14,16H,1H3. The number of rotatable bonds is 4. The van der Waals surface area contributed by atoms with Gasteiger partial charge >= 0.3 is 0 Å². The molecule has 2 heterocycles. The first-order valence-electron chi connectivity index (χ1n) is 9.36. The van der Waals surface area contributed by atoms with Gasteiger partial charge in [-0.05, 0) is 48.5 Å². The van der Waals surface area contributed by atoms with Crippen molar-refractivity contribution in [2.24, 2.45) is 0 Å². The molecule has 0 bridgehead atoms. The molecule has 0 saturated heterocycles. The summed E-state index contributed by atoms with van der Waals surface area (Å²) in [5.41, 5.74) is 2.80. The van der Waals surface area contributed by atoms with E-state index in [0.717, 1.165) is 6.26 Å². The molecule has 4 rings (SSSR count). The van der Waals surface area contributed by atoms with Gasteiger partial charge in [0.1, 0.15) is 0 Å². The number of nitriles is 1. The molecule has 0 aliphatic carbocycles. The number of hydrogen-bond donors (Lipinski definition) is 0. The normalized spacial score (nSPS) is 11.1. The number of benzene rings is 2. The monoisotopic (exact) mass is 427 g/mol. The first-order valence-corrected chi connectivity index (χ1v) is 11.3. The average molecular weight is 427 g/mol. The van der Waals surface area contributed by atoms with Crippen molar-refractivity contribution in [3.63, 3.8) is 0 Å². The topological polar surface area (TPSA) is 92.8 Å². The SMILES string of the molecule is CS(=O)(=O)c1ccc(-n2cc(-c3ccccn3)cc(-c3ccccc3C#N)c2=O)cc1. The van der Waals surface area contributed by atoms with Crippen LogP contribution < -0.4 is 5.56 Å². The van der Waals surface area contributed by atoms with Crippen molar-refractivity contribution >= 4 is 9.84 Å². The number of aromatic nitrogens is 2. The summed E-state index contributed by atoms with van der Waals surface area (Å²) in [4.78, 5) is 18.0. The lowest BCUT2D eigenvalue weighted by Gasteiger charge is -2.13. The Morgan fingerprint density at radius 1 is 0.935 bits per heavy atom. The van der Waals surface area contributed by atoms with Gasteiger partial charge < -0.3 is 0 Å². The summed E-state index contributed by atoms with van der Waals surface area (Å²) in [6, 6.07) is 22.3. The van der Waals surface area contributed by atoms with Crippen LogP contribution in [0.15, 0.2) is 94.9 Å². The molecule has 0 unspecified atom stereocenters. The summed E-state index contributed by atoms with van der Waals surface area (Å²) < 4.78 is 25.0. The minimum absolute atomic E-state index is 0.167. The fraction of sp³-hybridized carbons (Fsp3) is 0.0417. The third-order valence-electron chi connectivity index (χ3n) is 4.86. The fourth-order valence-corrected chi connectivity index (χ4v) is 3.94. The highest BCUT2D eigenvalue weighted by molar-refractivity contribution is 7.90. The summed E-state index contributed by atoms with van der Waals surface area (Å²) in [6.45, 7) is 0. The van der Waals surface area contributed by atoms with Gasteiger partial charge in [0.05, 0.1) is 22.2 Å². The molecule has 0 amide bonds. The van der Waals surface area contributed by atoms with E-state index < -0.39 is 9.84 Å². The van der Waals surface area contributed by atoms with Crippen LogP contribution in [-0.4, -0.2) is 24.2 Å². The Morgan fingerprint density at radius 3 is 2.29 bits per heavy atom. The minimum Gasteiger partial charge on any atom is -0.283 e. The van der Waals surface area contributed by atoms with E-state index in [0.29, 0.717) is 33.6 Å². The van der Waals surface area contributed by atoms with Gasteiger partial charge in [-0.2, -0.15) is 5.26 Å². The third kappa shape index (κ3) is 4.02. The molecule has 0 fully saturated rings. The van der Waals surface area contributed by atoms with Gasteiger partial charge in [-0.25, -0.2) is 8.42 Å². The van der Waals surface area contributed by atoms with Crippen LogP contribution in [0.5, 0.6) is 0 Å². The summed E-state index contributed by atoms with van der Waals surface area (Å²) in [5, 5.41) is 9.52. The van der Waals surface area contributed by atoms with Crippen molar-refractivity contribution in [2.45, 2.75) is 4.90 Å². The van der Waals surface area contributed by atoms with E-state index in [4.69, 9.17) is 0 Å². The molecule has 2 aromatic carbocycles. The predicted molar refractivity (Wildman–Crippen MR) is 119 cm³/mol. The summed E-state index contributed by atoms with van der Waals surface area (Å²) in [7, 11) is -3.36. The van der Waals surface area contributed by atoms with Crippen LogP contribution in [0.3, 0.4) is 0 Å². The van der Waals surface area contributed by atoms with Crippen molar-refractivity contribution in [2.75, 3.05) is 6.26 Å². The lowest BCUT2D eigenvalue weighted by molar-refractivity contribution is 0.602. The molecule has 0 saturated carbocycles. The molecule has 0 N–H and O–H groups in total. The van der Waals surface area contributed by atoms with Crippen molar-refractivity contribution in [3.8, 4) is 34.1 Å². The van der Waals surface area contributed by atoms with Crippen LogP contribution in [0.4, 0.5) is 0 Å². The second kappa shape index (κ2) is 8.01. The molecule has 0 aliphatic heterocycles. The number of pyridine rings is 2. The Bertz CT molecular complexity index is 1470. The summed E-state index contributed by atoms with van der Waals surface area (Å²) in [6.07, 6.45) is 4.46. The largest absolute Gasteiger partial charge is 0.283 e. The molecule has 152 valence electrons. The fourth-order valence-electron chi connectivity index (χ4n) is 3.31. The van der Waals surface area contributed by atoms with Crippen LogP contribution in [0.2, 0.25) is 0 Å². The van der Waals surface area contributed by atoms with Crippen molar-refractivity contribution in [1.82, 2.24) is 9.55 Å². The highest BCUT2D eigenvalue weighted by atomic mass is 32.2. The number of hydrogen-bond acceptors (Lipinski definition) is 5. The maximum Gasteiger partial charge on any atom is 0.263 e. The van der Waals surface area contributed by atoms with Crippen LogP contribution in [0.25, 0.3) is 28.1 Å². The van der Waals surface area contributed by atoms with E-state index in [1.165, 1.54) is 16.7 Å². The van der Waals surface area contributed by atoms with Crippen molar-refractivity contribution in [1.29, 1.82) is 5.26 Å². The molecule has 31 heavy (non-hydrogen) atoms. The van der Waals surface area contributed by atoms with Crippen LogP contribution in [-0.2, 0) is 9.84 Å². The second-order valence-corrected chi connectivity index (χ2v) is 8.97. The lowest BCUT2D eigenvalue weighted by Crippen LogP contribution is -2.20. The van der Waals surface area contributed by atoms with Gasteiger partial charge in [0, 0.05) is 41.0 Å². The maximum atomic E-state index is 13.4. The molecule has 0 spiro atoms. The van der Waals surface area contributed by atoms with Gasteiger partial charge in [0.2, 0.25) is 0 Å². The molecule has 4 aromatic rings. The molecule has 2 aromatic heterocycles. The maximum absolute atomic E-state index is 13.4. The summed E-state index contributed by atoms with van der Waals surface area (Å²) in [5.74, 6) is 0. The lowest BCUT2D eigenvalue weighted by atomic mass is 9.99. The zero-order chi connectivity index (χ0) is 22.0. The van der Waals surface area contributed by atoms with E-state index in [1.54, 1.807) is 60.9 Å². The Labute approximate surface area is 179 Å². The van der Waals surface area contributed by atoms with Crippen molar-refractivity contribution < 1.29 is 8.42 Å². The average Bonchev–Trinajstić information content (AvgIpc) is 2.79. The molecule has 7 heteroatoms. The summed E-state index contributed by atoms with van der Waals surface area (Å²) >= 11 is 0. The third-order valence-corrected chi connectivity index (χ3v) is 5.99. The Kier molecular flexibility index (Phi) is 5.24. The first kappa shape index (κ1) is 20.3. The van der Waals surface area contributed by atoms with Crippen LogP contribution >= 0.6 is 0 Å². The second-order valence-electron chi connectivity index (χ2n) is 6.96. The Morgan fingerprint density at radius 2 is 1.65 bits per heavy atom. The van der Waals surface area contributed by atoms with E-state index in [-0.39, 0.29) is 10.5 Å². The minimum atomic E-state index is -3.36. The molecular formula is C24H17N3O3S. The van der Waals surface area contributed by atoms with Crippen LogP contribution in [0, 0.1) is 11.3 Å². The van der Waals surface area contributed by atoms with Gasteiger partial charge in [0.25, 0.3) is 5.56 Å². The van der Waals surface area contributed by atoms with E-state index in [9.17, 15) is 18.5 Å². The van der Waals surface area contributed by atoms with Crippen molar-refractivity contribution in [3.05, 3.63) is 101 Å². The van der Waals surface area contributed by atoms with Gasteiger partial charge in [0.15, 0.2) is 9.84 Å². The van der Waals surface area contributed by atoms with E-state index in [2.05, 4.69) is 11.1 Å². The number of sulfone groups is 1. The Hall–Kier alpha value is -4.02. The van der Waals surface area contributed by atoms with Gasteiger partial charge in [-0.15, -0.1) is 0 Å². The zero-order valence-electron chi connectivity index (χ0n) is 16.6. The number of nitrogens with zero attached hydrogens (tertiary/aromatic N) is 3. The zero-order valence-corrected chi connectivity index (χ0v) is 17.4. The highest BCUT2D eigenvalue weighted by Gasteiger charge is 2.15. The highest BCUT2D eigenvalue weighted by Crippen LogP contribution is 2.26. The quantitative estimate of drug-likeness (QED) is 0.493. The van der Waals surface area contributed by atoms with E-state index in [1.807, 2.05) is 12.1 Å². The first-order chi connectivity index (χ1) is 14.9. The van der Waals surface area contributed by atoms with Gasteiger partial charge in [-0.3, -0.25) is 14.3 Å². The molecule has 0 radical (unpaired) electrons. The predicted octanol–water partition coefficient (Wildman–Crippen LogP) is 3.84. The van der Waals surface area contributed by atoms with Gasteiger partial charge in [-0.1, -0.05) is 24.3 Å². The smallest absolute Gasteiger partial charge is 0.263 e. The Balaban J connectivity index is 1.99. The molecule has 6 nitrogen and oxygen atoms in total. The molecule has 0 atom stereocenters. The molecule has 0 aliphatic rings.